The number of nitrogens with zero attached hydrogens (tertiary/aromatic N) is 1. The Hall–Kier alpha value is -2.17. The van der Waals surface area contributed by atoms with Crippen LogP contribution in [-0.4, -0.2) is 35.2 Å². The Morgan fingerprint density at radius 3 is 2.25 bits per heavy atom. The fourth-order valence-corrected chi connectivity index (χ4v) is 2.35. The largest absolute Gasteiger partial charge is 0.352 e. The van der Waals surface area contributed by atoms with Crippen LogP contribution in [0.4, 0.5) is 0 Å². The maximum absolute atomic E-state index is 12.1. The molecular weight excluding hydrogens is 256 g/mol. The second kappa shape index (κ2) is 5.86. The quantitative estimate of drug-likeness (QED) is 0.829. The van der Waals surface area contributed by atoms with E-state index in [0.29, 0.717) is 11.1 Å². The molecule has 5 nitrogen and oxygen atoms in total. The van der Waals surface area contributed by atoms with Gasteiger partial charge in [-0.25, -0.2) is 0 Å². The summed E-state index contributed by atoms with van der Waals surface area (Å²) in [5.74, 6) is -1.10. The highest BCUT2D eigenvalue weighted by Crippen LogP contribution is 2.21. The van der Waals surface area contributed by atoms with E-state index in [9.17, 15) is 14.4 Å². The summed E-state index contributed by atoms with van der Waals surface area (Å²) in [5.41, 5.74) is 0.735. The van der Waals surface area contributed by atoms with E-state index in [4.69, 9.17) is 0 Å². The predicted octanol–water partition coefficient (Wildman–Crippen LogP) is 1.59. The van der Waals surface area contributed by atoms with Crippen molar-refractivity contribution in [2.45, 2.75) is 32.7 Å². The highest BCUT2D eigenvalue weighted by atomic mass is 16.2. The van der Waals surface area contributed by atoms with E-state index in [1.165, 1.54) is 0 Å². The lowest BCUT2D eigenvalue weighted by atomic mass is 10.1. The standard InChI is InChI=1S/C15H18N2O3/c1-3-6-10(2)16-13(18)9-17-14(19)11-7-4-5-8-12(11)15(17)20/h4-5,7-8,10H,3,6,9H2,1-2H3,(H,16,18)/t10-/m0/s1. The van der Waals surface area contributed by atoms with E-state index in [2.05, 4.69) is 5.32 Å². The summed E-state index contributed by atoms with van der Waals surface area (Å²) < 4.78 is 0. The number of benzene rings is 1. The minimum atomic E-state index is -0.399. The normalized spacial score (nSPS) is 15.2. The van der Waals surface area contributed by atoms with Gasteiger partial charge in [-0.15, -0.1) is 0 Å². The Labute approximate surface area is 118 Å². The molecule has 2 rings (SSSR count). The molecule has 0 saturated carbocycles. The van der Waals surface area contributed by atoms with E-state index < -0.39 is 11.8 Å². The van der Waals surface area contributed by atoms with Gasteiger partial charge in [-0.2, -0.15) is 0 Å². The molecule has 0 saturated heterocycles. The Bertz CT molecular complexity index is 519. The van der Waals surface area contributed by atoms with Gasteiger partial charge in [0.2, 0.25) is 5.91 Å². The van der Waals surface area contributed by atoms with Gasteiger partial charge in [0.1, 0.15) is 6.54 Å². The molecule has 1 aliphatic rings. The van der Waals surface area contributed by atoms with Crippen LogP contribution >= 0.6 is 0 Å². The summed E-state index contributed by atoms with van der Waals surface area (Å²) in [5, 5.41) is 2.79. The van der Waals surface area contributed by atoms with E-state index in [1.54, 1.807) is 24.3 Å². The number of carbonyl (C=O) groups excluding carboxylic acids is 3. The van der Waals surface area contributed by atoms with E-state index in [0.717, 1.165) is 17.7 Å². The van der Waals surface area contributed by atoms with Crippen LogP contribution in [0.1, 0.15) is 47.4 Å². The molecule has 3 amide bonds. The first-order chi connectivity index (χ1) is 9.54. The minimum Gasteiger partial charge on any atom is -0.352 e. The molecule has 1 aromatic rings. The summed E-state index contributed by atoms with van der Waals surface area (Å²) in [4.78, 5) is 37.0. The molecule has 0 spiro atoms. The zero-order chi connectivity index (χ0) is 14.7. The third-order valence-corrected chi connectivity index (χ3v) is 3.31. The first-order valence-electron chi connectivity index (χ1n) is 6.79. The van der Waals surface area contributed by atoms with Crippen molar-refractivity contribution in [2.75, 3.05) is 6.54 Å². The van der Waals surface area contributed by atoms with Crippen LogP contribution < -0.4 is 5.32 Å². The topological polar surface area (TPSA) is 66.5 Å². The molecule has 1 atom stereocenters. The third kappa shape index (κ3) is 2.71. The highest BCUT2D eigenvalue weighted by molar-refractivity contribution is 6.22. The van der Waals surface area contributed by atoms with Crippen molar-refractivity contribution in [3.63, 3.8) is 0 Å². The van der Waals surface area contributed by atoms with Gasteiger partial charge < -0.3 is 5.32 Å². The lowest BCUT2D eigenvalue weighted by Gasteiger charge is -2.17. The zero-order valence-corrected chi connectivity index (χ0v) is 11.7. The maximum Gasteiger partial charge on any atom is 0.262 e. The second-order valence-electron chi connectivity index (χ2n) is 5.00. The second-order valence-corrected chi connectivity index (χ2v) is 5.00. The molecule has 1 aliphatic heterocycles. The fourth-order valence-electron chi connectivity index (χ4n) is 2.35. The number of nitrogens with one attached hydrogen (secondary N) is 1. The summed E-state index contributed by atoms with van der Waals surface area (Å²) in [6.45, 7) is 3.72. The van der Waals surface area contributed by atoms with Crippen molar-refractivity contribution in [2.24, 2.45) is 0 Å². The Morgan fingerprint density at radius 2 is 1.75 bits per heavy atom. The summed E-state index contributed by atoms with van der Waals surface area (Å²) in [7, 11) is 0. The molecule has 0 aromatic heterocycles. The lowest BCUT2D eigenvalue weighted by Crippen LogP contribution is -2.43. The van der Waals surface area contributed by atoms with Crippen LogP contribution in [0.15, 0.2) is 24.3 Å². The van der Waals surface area contributed by atoms with Crippen molar-refractivity contribution in [1.29, 1.82) is 0 Å². The smallest absolute Gasteiger partial charge is 0.262 e. The average Bonchev–Trinajstić information content (AvgIpc) is 2.65. The highest BCUT2D eigenvalue weighted by Gasteiger charge is 2.36. The van der Waals surface area contributed by atoms with Crippen LogP contribution in [-0.2, 0) is 4.79 Å². The van der Waals surface area contributed by atoms with Crippen molar-refractivity contribution < 1.29 is 14.4 Å². The summed E-state index contributed by atoms with van der Waals surface area (Å²) >= 11 is 0. The predicted molar refractivity (Wildman–Crippen MR) is 74.3 cm³/mol. The van der Waals surface area contributed by atoms with Crippen LogP contribution in [0, 0.1) is 0 Å². The van der Waals surface area contributed by atoms with Crippen LogP contribution in [0.5, 0.6) is 0 Å². The number of hydrogen-bond donors (Lipinski definition) is 1. The van der Waals surface area contributed by atoms with Gasteiger partial charge in [0.05, 0.1) is 11.1 Å². The first kappa shape index (κ1) is 14.2. The monoisotopic (exact) mass is 274 g/mol. The minimum absolute atomic E-state index is 0.0442. The van der Waals surface area contributed by atoms with Crippen LogP contribution in [0.25, 0.3) is 0 Å². The summed E-state index contributed by atoms with van der Waals surface area (Å²) in [6, 6.07) is 6.66. The van der Waals surface area contributed by atoms with Crippen molar-refractivity contribution >= 4 is 17.7 Å². The van der Waals surface area contributed by atoms with Gasteiger partial charge in [0.15, 0.2) is 0 Å². The van der Waals surface area contributed by atoms with Gasteiger partial charge in [-0.3, -0.25) is 19.3 Å². The molecule has 0 bridgehead atoms. The van der Waals surface area contributed by atoms with Gasteiger partial charge in [-0.05, 0) is 25.5 Å². The van der Waals surface area contributed by atoms with Crippen LogP contribution in [0.2, 0.25) is 0 Å². The van der Waals surface area contributed by atoms with E-state index in [-0.39, 0.29) is 18.5 Å². The molecule has 1 heterocycles. The lowest BCUT2D eigenvalue weighted by molar-refractivity contribution is -0.122. The molecule has 20 heavy (non-hydrogen) atoms. The molecule has 5 heteroatoms. The third-order valence-electron chi connectivity index (χ3n) is 3.31. The van der Waals surface area contributed by atoms with Crippen molar-refractivity contribution in [3.05, 3.63) is 35.4 Å². The Kier molecular flexibility index (Phi) is 4.17. The average molecular weight is 274 g/mol. The molecular formula is C15H18N2O3. The summed E-state index contributed by atoms with van der Waals surface area (Å²) in [6.07, 6.45) is 1.84. The van der Waals surface area contributed by atoms with Crippen LogP contribution in [0.3, 0.4) is 0 Å². The number of fused-ring (bicyclic) bond motifs is 1. The fraction of sp³-hybridized carbons (Fsp3) is 0.400. The van der Waals surface area contributed by atoms with Gasteiger partial charge >= 0.3 is 0 Å². The van der Waals surface area contributed by atoms with Crippen molar-refractivity contribution in [3.8, 4) is 0 Å². The molecule has 0 radical (unpaired) electrons. The molecule has 1 aromatic carbocycles. The number of amides is 3. The first-order valence-corrected chi connectivity index (χ1v) is 6.79. The van der Waals surface area contributed by atoms with Gasteiger partial charge in [0.25, 0.3) is 11.8 Å². The van der Waals surface area contributed by atoms with Gasteiger partial charge in [-0.1, -0.05) is 25.5 Å². The number of rotatable bonds is 5. The molecule has 106 valence electrons. The SMILES string of the molecule is CCC[C@H](C)NC(=O)CN1C(=O)c2ccccc2C1=O. The van der Waals surface area contributed by atoms with Crippen molar-refractivity contribution in [1.82, 2.24) is 10.2 Å². The molecule has 0 unspecified atom stereocenters. The maximum atomic E-state index is 12.1. The molecule has 1 N–H and O–H groups in total. The van der Waals surface area contributed by atoms with E-state index >= 15 is 0 Å². The number of hydrogen-bond acceptors (Lipinski definition) is 3. The Morgan fingerprint density at radius 1 is 1.20 bits per heavy atom. The zero-order valence-electron chi connectivity index (χ0n) is 11.7. The van der Waals surface area contributed by atoms with Gasteiger partial charge in [0, 0.05) is 6.04 Å². The number of carbonyl (C=O) groups is 3. The number of imide groups is 1. The molecule has 0 aliphatic carbocycles. The molecule has 0 fully saturated rings. The Balaban J connectivity index is 2.04. The van der Waals surface area contributed by atoms with E-state index in [1.807, 2.05) is 13.8 Å².